The minimum absolute atomic E-state index is 0.299. The lowest BCUT2D eigenvalue weighted by Gasteiger charge is -1.98. The van der Waals surface area contributed by atoms with Crippen molar-refractivity contribution in [3.05, 3.63) is 35.4 Å². The lowest BCUT2D eigenvalue weighted by atomic mass is 10.1. The molecule has 0 radical (unpaired) electrons. The maximum Gasteiger partial charge on any atom is 0.265 e. The number of hydrogen-bond acceptors (Lipinski definition) is 3. The molecule has 0 saturated heterocycles. The second-order valence-electron chi connectivity index (χ2n) is 2.56. The highest BCUT2D eigenvalue weighted by molar-refractivity contribution is 5.94. The number of hydrogen-bond donors (Lipinski definition) is 3. The van der Waals surface area contributed by atoms with Gasteiger partial charge in [-0.3, -0.25) is 10.2 Å². The largest absolute Gasteiger partial charge is 0.320 e. The third-order valence-electron chi connectivity index (χ3n) is 1.59. The Bertz CT molecular complexity index is 390. The molecule has 0 bridgehead atoms. The molecule has 0 saturated carbocycles. The average molecular weight is 189 g/mol. The first-order chi connectivity index (χ1) is 6.77. The van der Waals surface area contributed by atoms with Crippen LogP contribution in [0.5, 0.6) is 0 Å². The normalized spacial score (nSPS) is 8.71. The zero-order valence-electron chi connectivity index (χ0n) is 7.58. The second-order valence-corrected chi connectivity index (χ2v) is 2.56. The molecule has 1 aromatic carbocycles. The summed E-state index contributed by atoms with van der Waals surface area (Å²) in [6.07, 6.45) is 0. The van der Waals surface area contributed by atoms with E-state index in [1.807, 2.05) is 0 Å². The topological polar surface area (TPSA) is 81.1 Å². The molecule has 1 amide bonds. The van der Waals surface area contributed by atoms with Gasteiger partial charge in [0, 0.05) is 11.1 Å². The van der Waals surface area contributed by atoms with Crippen LogP contribution in [0.1, 0.15) is 15.9 Å². The molecule has 14 heavy (non-hydrogen) atoms. The first-order valence-corrected chi connectivity index (χ1v) is 4.08. The van der Waals surface area contributed by atoms with Gasteiger partial charge in [0.2, 0.25) is 0 Å². The number of carbonyl (C=O) groups is 1. The Morgan fingerprint density at radius 2 is 2.29 bits per heavy atom. The zero-order chi connectivity index (χ0) is 10.4. The predicted octanol–water partition coefficient (Wildman–Crippen LogP) is -0.400. The number of nitrogens with one attached hydrogen (secondary N) is 1. The van der Waals surface area contributed by atoms with E-state index in [2.05, 4.69) is 17.3 Å². The summed E-state index contributed by atoms with van der Waals surface area (Å²) in [6, 6.07) is 6.86. The molecular weight excluding hydrogens is 178 g/mol. The van der Waals surface area contributed by atoms with Crippen molar-refractivity contribution >= 4 is 5.91 Å². The second kappa shape index (κ2) is 5.02. The molecule has 72 valence electrons. The zero-order valence-corrected chi connectivity index (χ0v) is 7.58. The van der Waals surface area contributed by atoms with E-state index in [1.54, 1.807) is 24.3 Å². The van der Waals surface area contributed by atoms with Crippen LogP contribution in [0.25, 0.3) is 0 Å². The van der Waals surface area contributed by atoms with E-state index in [0.29, 0.717) is 12.1 Å². The summed E-state index contributed by atoms with van der Waals surface area (Å²) >= 11 is 0. The van der Waals surface area contributed by atoms with Crippen LogP contribution in [0.2, 0.25) is 0 Å². The van der Waals surface area contributed by atoms with Crippen LogP contribution in [0.3, 0.4) is 0 Å². The van der Waals surface area contributed by atoms with Gasteiger partial charge in [0.25, 0.3) is 5.91 Å². The van der Waals surface area contributed by atoms with Gasteiger partial charge in [-0.05, 0) is 18.2 Å². The molecule has 0 aliphatic carbocycles. The van der Waals surface area contributed by atoms with Gasteiger partial charge < -0.3 is 5.73 Å². The van der Waals surface area contributed by atoms with Gasteiger partial charge in [-0.15, -0.1) is 0 Å². The first-order valence-electron chi connectivity index (χ1n) is 4.08. The molecule has 0 unspecified atom stereocenters. The molecule has 0 fully saturated rings. The number of nitrogens with two attached hydrogens (primary N) is 2. The van der Waals surface area contributed by atoms with Crippen molar-refractivity contribution in [2.75, 3.05) is 6.54 Å². The van der Waals surface area contributed by atoms with Crippen molar-refractivity contribution in [1.82, 2.24) is 5.43 Å². The molecule has 0 aliphatic heterocycles. The Morgan fingerprint density at radius 1 is 1.50 bits per heavy atom. The smallest absolute Gasteiger partial charge is 0.265 e. The quantitative estimate of drug-likeness (QED) is 0.243. The van der Waals surface area contributed by atoms with Crippen LogP contribution in [0.15, 0.2) is 24.3 Å². The molecule has 0 aliphatic rings. The van der Waals surface area contributed by atoms with Crippen LogP contribution in [-0.4, -0.2) is 12.5 Å². The van der Waals surface area contributed by atoms with Crippen LogP contribution >= 0.6 is 0 Å². The molecule has 5 N–H and O–H groups in total. The third-order valence-corrected chi connectivity index (χ3v) is 1.59. The van der Waals surface area contributed by atoms with Gasteiger partial charge in [0.15, 0.2) is 0 Å². The molecule has 0 aromatic heterocycles. The Labute approximate surface area is 82.3 Å². The van der Waals surface area contributed by atoms with Crippen molar-refractivity contribution in [1.29, 1.82) is 0 Å². The molecule has 4 heteroatoms. The van der Waals surface area contributed by atoms with E-state index < -0.39 is 0 Å². The number of nitrogen functional groups attached to an aromatic ring is 1. The van der Waals surface area contributed by atoms with Crippen molar-refractivity contribution in [2.24, 2.45) is 11.6 Å². The number of carbonyl (C=O) groups excluding carboxylic acids is 1. The van der Waals surface area contributed by atoms with Gasteiger partial charge >= 0.3 is 0 Å². The summed E-state index contributed by atoms with van der Waals surface area (Å²) in [7, 11) is 0. The highest BCUT2D eigenvalue weighted by Gasteiger charge is 2.01. The minimum Gasteiger partial charge on any atom is -0.320 e. The number of amides is 1. The summed E-state index contributed by atoms with van der Waals surface area (Å²) < 4.78 is 0. The van der Waals surface area contributed by atoms with Crippen LogP contribution in [-0.2, 0) is 0 Å². The van der Waals surface area contributed by atoms with Gasteiger partial charge in [0.05, 0.1) is 6.54 Å². The van der Waals surface area contributed by atoms with Crippen LogP contribution < -0.4 is 17.0 Å². The molecular formula is C10H11N3O. The summed E-state index contributed by atoms with van der Waals surface area (Å²) in [6.45, 7) is 0.299. The highest BCUT2D eigenvalue weighted by Crippen LogP contribution is 2.03. The van der Waals surface area contributed by atoms with Crippen molar-refractivity contribution < 1.29 is 4.79 Å². The Balaban J connectivity index is 2.95. The van der Waals surface area contributed by atoms with Crippen molar-refractivity contribution in [3.63, 3.8) is 0 Å². The lowest BCUT2D eigenvalue weighted by molar-refractivity contribution is 0.0953. The lowest BCUT2D eigenvalue weighted by Crippen LogP contribution is -2.29. The maximum atomic E-state index is 11.1. The fourth-order valence-electron chi connectivity index (χ4n) is 0.975. The molecule has 1 rings (SSSR count). The Morgan fingerprint density at radius 3 is 2.93 bits per heavy atom. The first kappa shape index (κ1) is 10.3. The number of rotatable bonds is 1. The third kappa shape index (κ3) is 2.59. The number of hydrazine groups is 1. The van der Waals surface area contributed by atoms with E-state index in [0.717, 1.165) is 5.56 Å². The van der Waals surface area contributed by atoms with Crippen LogP contribution in [0.4, 0.5) is 0 Å². The van der Waals surface area contributed by atoms with Gasteiger partial charge in [-0.25, -0.2) is 5.84 Å². The van der Waals surface area contributed by atoms with E-state index in [9.17, 15) is 4.79 Å². The van der Waals surface area contributed by atoms with E-state index in [4.69, 9.17) is 11.6 Å². The summed E-state index contributed by atoms with van der Waals surface area (Å²) in [5.41, 5.74) is 8.51. The standard InChI is InChI=1S/C10H11N3O/c11-6-2-4-8-3-1-5-9(7-8)10(14)13-12/h1,3,5,7H,6,11-12H2,(H,13,14). The van der Waals surface area contributed by atoms with Crippen LogP contribution in [0, 0.1) is 11.8 Å². The average Bonchev–Trinajstić information content (AvgIpc) is 2.25. The SMILES string of the molecule is NCC#Cc1cccc(C(=O)NN)c1. The minimum atomic E-state index is -0.332. The monoisotopic (exact) mass is 189 g/mol. The molecule has 0 spiro atoms. The van der Waals surface area contributed by atoms with E-state index in [1.165, 1.54) is 0 Å². The van der Waals surface area contributed by atoms with Gasteiger partial charge in [0.1, 0.15) is 0 Å². The summed E-state index contributed by atoms with van der Waals surface area (Å²) in [4.78, 5) is 11.1. The maximum absolute atomic E-state index is 11.1. The fourth-order valence-corrected chi connectivity index (χ4v) is 0.975. The highest BCUT2D eigenvalue weighted by atomic mass is 16.2. The number of benzene rings is 1. The van der Waals surface area contributed by atoms with Gasteiger partial charge in [-0.1, -0.05) is 17.9 Å². The summed E-state index contributed by atoms with van der Waals surface area (Å²) in [5.74, 6) is 10.2. The Hall–Kier alpha value is -1.83. The Kier molecular flexibility index (Phi) is 3.68. The fraction of sp³-hybridized carbons (Fsp3) is 0.100. The molecule has 0 heterocycles. The van der Waals surface area contributed by atoms with E-state index >= 15 is 0 Å². The molecule has 1 aromatic rings. The van der Waals surface area contributed by atoms with Gasteiger partial charge in [-0.2, -0.15) is 0 Å². The van der Waals surface area contributed by atoms with E-state index in [-0.39, 0.29) is 5.91 Å². The molecule has 4 nitrogen and oxygen atoms in total. The van der Waals surface area contributed by atoms with Crippen molar-refractivity contribution in [3.8, 4) is 11.8 Å². The summed E-state index contributed by atoms with van der Waals surface area (Å²) in [5, 5.41) is 0. The van der Waals surface area contributed by atoms with Crippen molar-refractivity contribution in [2.45, 2.75) is 0 Å². The predicted molar refractivity (Wildman–Crippen MR) is 54.0 cm³/mol. The molecule has 0 atom stereocenters.